The molecule has 1 unspecified atom stereocenters. The van der Waals surface area contributed by atoms with E-state index in [1.54, 1.807) is 6.07 Å². The number of nitrogen functional groups attached to an aromatic ring is 1. The lowest BCUT2D eigenvalue weighted by molar-refractivity contribution is -0.383. The summed E-state index contributed by atoms with van der Waals surface area (Å²) >= 11 is 0. The Hall–Kier alpha value is -1.62. The van der Waals surface area contributed by atoms with Crippen LogP contribution in [-0.2, 0) is 6.54 Å². The van der Waals surface area contributed by atoms with E-state index in [1.807, 2.05) is 6.07 Å². The van der Waals surface area contributed by atoms with Crippen molar-refractivity contribution in [3.05, 3.63) is 33.9 Å². The molecule has 1 aromatic rings. The number of nitrogens with zero attached hydrogens (tertiary/aromatic N) is 2. The van der Waals surface area contributed by atoms with Crippen LogP contribution in [0, 0.1) is 16.0 Å². The molecule has 19 heavy (non-hydrogen) atoms. The Morgan fingerprint density at radius 2 is 2.32 bits per heavy atom. The Bertz CT molecular complexity index is 462. The Kier molecular flexibility index (Phi) is 4.37. The number of nitro groups is 1. The molecule has 5 heteroatoms. The maximum Gasteiger partial charge on any atom is 0.292 e. The van der Waals surface area contributed by atoms with Crippen molar-refractivity contribution in [3.8, 4) is 0 Å². The summed E-state index contributed by atoms with van der Waals surface area (Å²) in [6, 6.07) is 5.05. The number of benzene rings is 1. The molecule has 0 amide bonds. The number of nitro benzene ring substituents is 1. The maximum absolute atomic E-state index is 10.7. The van der Waals surface area contributed by atoms with Gasteiger partial charge in [0.1, 0.15) is 5.69 Å². The van der Waals surface area contributed by atoms with Crippen molar-refractivity contribution in [2.24, 2.45) is 5.92 Å². The van der Waals surface area contributed by atoms with Crippen LogP contribution in [0.5, 0.6) is 0 Å². The van der Waals surface area contributed by atoms with E-state index in [-0.39, 0.29) is 11.4 Å². The molecule has 2 N–H and O–H groups in total. The van der Waals surface area contributed by atoms with Crippen molar-refractivity contribution in [2.45, 2.75) is 32.7 Å². The van der Waals surface area contributed by atoms with E-state index in [9.17, 15) is 10.1 Å². The molecule has 0 bridgehead atoms. The first kappa shape index (κ1) is 13.8. The van der Waals surface area contributed by atoms with Gasteiger partial charge in [-0.25, -0.2) is 0 Å². The SMILES string of the molecule is CCC1CCCN(Cc2ccc([N+](=O)[O-])c(N)c2)C1. The highest BCUT2D eigenvalue weighted by molar-refractivity contribution is 5.59. The van der Waals surface area contributed by atoms with Crippen LogP contribution in [0.1, 0.15) is 31.7 Å². The molecule has 1 aromatic carbocycles. The summed E-state index contributed by atoms with van der Waals surface area (Å²) in [5.41, 5.74) is 7.03. The molecule has 1 aliphatic rings. The minimum atomic E-state index is -0.437. The molecule has 1 saturated heterocycles. The van der Waals surface area contributed by atoms with E-state index < -0.39 is 4.92 Å². The summed E-state index contributed by atoms with van der Waals surface area (Å²) in [6.45, 7) is 5.29. The molecule has 0 saturated carbocycles. The molecule has 104 valence electrons. The molecule has 0 aliphatic carbocycles. The quantitative estimate of drug-likeness (QED) is 0.515. The molecule has 5 nitrogen and oxygen atoms in total. The van der Waals surface area contributed by atoms with Crippen molar-refractivity contribution in [1.29, 1.82) is 0 Å². The fourth-order valence-electron chi connectivity index (χ4n) is 2.75. The van der Waals surface area contributed by atoms with Crippen LogP contribution < -0.4 is 5.73 Å². The minimum Gasteiger partial charge on any atom is -0.393 e. The van der Waals surface area contributed by atoms with Crippen LogP contribution in [0.2, 0.25) is 0 Å². The Morgan fingerprint density at radius 1 is 1.53 bits per heavy atom. The number of anilines is 1. The second kappa shape index (κ2) is 6.02. The molecular weight excluding hydrogens is 242 g/mol. The highest BCUT2D eigenvalue weighted by atomic mass is 16.6. The first-order valence-electron chi connectivity index (χ1n) is 6.85. The van der Waals surface area contributed by atoms with Gasteiger partial charge < -0.3 is 5.73 Å². The predicted octanol–water partition coefficient (Wildman–Crippen LogP) is 2.80. The summed E-state index contributed by atoms with van der Waals surface area (Å²) in [7, 11) is 0. The van der Waals surface area contributed by atoms with Crippen LogP contribution in [0.3, 0.4) is 0 Å². The lowest BCUT2D eigenvalue weighted by atomic mass is 9.95. The van der Waals surface area contributed by atoms with Gasteiger partial charge in [-0.1, -0.05) is 19.4 Å². The fourth-order valence-corrected chi connectivity index (χ4v) is 2.75. The summed E-state index contributed by atoms with van der Waals surface area (Å²) in [6.07, 6.45) is 3.77. The van der Waals surface area contributed by atoms with Crippen LogP contribution in [0.15, 0.2) is 18.2 Å². The third-order valence-corrected chi connectivity index (χ3v) is 3.88. The van der Waals surface area contributed by atoms with E-state index in [0.717, 1.165) is 31.1 Å². The third-order valence-electron chi connectivity index (χ3n) is 3.88. The second-order valence-corrected chi connectivity index (χ2v) is 5.30. The van der Waals surface area contributed by atoms with Gasteiger partial charge in [-0.3, -0.25) is 15.0 Å². The van der Waals surface area contributed by atoms with E-state index >= 15 is 0 Å². The smallest absolute Gasteiger partial charge is 0.292 e. The van der Waals surface area contributed by atoms with Crippen molar-refractivity contribution in [2.75, 3.05) is 18.8 Å². The highest BCUT2D eigenvalue weighted by Gasteiger charge is 2.19. The first-order chi connectivity index (χ1) is 9.10. The van der Waals surface area contributed by atoms with E-state index in [0.29, 0.717) is 0 Å². The average Bonchev–Trinajstić information content (AvgIpc) is 2.38. The van der Waals surface area contributed by atoms with Crippen molar-refractivity contribution in [1.82, 2.24) is 4.90 Å². The molecule has 0 aromatic heterocycles. The van der Waals surface area contributed by atoms with E-state index in [4.69, 9.17) is 5.73 Å². The summed E-state index contributed by atoms with van der Waals surface area (Å²) < 4.78 is 0. The van der Waals surface area contributed by atoms with Gasteiger partial charge in [-0.2, -0.15) is 0 Å². The normalized spacial score (nSPS) is 20.4. The molecule has 1 heterocycles. The number of piperidine rings is 1. The highest BCUT2D eigenvalue weighted by Crippen LogP contribution is 2.25. The molecule has 2 rings (SSSR count). The van der Waals surface area contributed by atoms with Crippen LogP contribution >= 0.6 is 0 Å². The zero-order valence-corrected chi connectivity index (χ0v) is 11.3. The minimum absolute atomic E-state index is 0.00571. The lowest BCUT2D eigenvalue weighted by Gasteiger charge is -2.32. The molecule has 1 aliphatic heterocycles. The Balaban J connectivity index is 2.03. The average molecular weight is 263 g/mol. The third kappa shape index (κ3) is 3.44. The largest absolute Gasteiger partial charge is 0.393 e. The van der Waals surface area contributed by atoms with Crippen LogP contribution in [0.4, 0.5) is 11.4 Å². The molecule has 0 radical (unpaired) electrons. The number of nitrogens with two attached hydrogens (primary N) is 1. The van der Waals surface area contributed by atoms with Crippen molar-refractivity contribution < 1.29 is 4.92 Å². The molecular formula is C14H21N3O2. The zero-order valence-electron chi connectivity index (χ0n) is 11.3. The Morgan fingerprint density at radius 3 is 2.95 bits per heavy atom. The number of hydrogen-bond acceptors (Lipinski definition) is 4. The summed E-state index contributed by atoms with van der Waals surface area (Å²) in [4.78, 5) is 12.7. The lowest BCUT2D eigenvalue weighted by Crippen LogP contribution is -2.34. The van der Waals surface area contributed by atoms with Gasteiger partial charge in [0.05, 0.1) is 4.92 Å². The predicted molar refractivity (Wildman–Crippen MR) is 75.8 cm³/mol. The van der Waals surface area contributed by atoms with Gasteiger partial charge in [0.2, 0.25) is 0 Å². The zero-order chi connectivity index (χ0) is 13.8. The van der Waals surface area contributed by atoms with E-state index in [2.05, 4.69) is 11.8 Å². The van der Waals surface area contributed by atoms with Gasteiger partial charge in [0.25, 0.3) is 5.69 Å². The Labute approximate surface area is 113 Å². The second-order valence-electron chi connectivity index (χ2n) is 5.30. The van der Waals surface area contributed by atoms with Gasteiger partial charge in [0.15, 0.2) is 0 Å². The fraction of sp³-hybridized carbons (Fsp3) is 0.571. The number of likely N-dealkylation sites (tertiary alicyclic amines) is 1. The number of rotatable bonds is 4. The first-order valence-corrected chi connectivity index (χ1v) is 6.85. The summed E-state index contributed by atoms with van der Waals surface area (Å²) in [5.74, 6) is 0.782. The maximum atomic E-state index is 10.7. The van der Waals surface area contributed by atoms with Crippen LogP contribution in [0.25, 0.3) is 0 Å². The van der Waals surface area contributed by atoms with Crippen molar-refractivity contribution >= 4 is 11.4 Å². The van der Waals surface area contributed by atoms with Gasteiger partial charge in [0, 0.05) is 19.2 Å². The number of hydrogen-bond donors (Lipinski definition) is 1. The molecule has 1 atom stereocenters. The molecule has 0 spiro atoms. The summed E-state index contributed by atoms with van der Waals surface area (Å²) in [5, 5.41) is 10.7. The topological polar surface area (TPSA) is 72.4 Å². The van der Waals surface area contributed by atoms with Gasteiger partial charge in [-0.05, 0) is 36.9 Å². The van der Waals surface area contributed by atoms with Gasteiger partial charge >= 0.3 is 0 Å². The van der Waals surface area contributed by atoms with Crippen molar-refractivity contribution in [3.63, 3.8) is 0 Å². The van der Waals surface area contributed by atoms with Crippen LogP contribution in [-0.4, -0.2) is 22.9 Å². The van der Waals surface area contributed by atoms with Gasteiger partial charge in [-0.15, -0.1) is 0 Å². The molecule has 1 fully saturated rings. The standard InChI is InChI=1S/C14H21N3O2/c1-2-11-4-3-7-16(9-11)10-12-5-6-14(17(18)19)13(15)8-12/h5-6,8,11H,2-4,7,9-10,15H2,1H3. The monoisotopic (exact) mass is 263 g/mol. The van der Waals surface area contributed by atoms with E-state index in [1.165, 1.54) is 25.3 Å².